The number of carboxylic acids is 1. The van der Waals surface area contributed by atoms with E-state index in [9.17, 15) is 15.0 Å². The second-order valence-corrected chi connectivity index (χ2v) is 9.47. The molecular weight excluding hydrogens is 474 g/mol. The number of carbonyl (C=O) groups is 1. The molecule has 1 aliphatic rings. The van der Waals surface area contributed by atoms with E-state index >= 15 is 0 Å². The van der Waals surface area contributed by atoms with Crippen molar-refractivity contribution < 1.29 is 24.9 Å². The van der Waals surface area contributed by atoms with Gasteiger partial charge in [-0.2, -0.15) is 11.8 Å². The second kappa shape index (κ2) is 11.2. The van der Waals surface area contributed by atoms with E-state index in [0.29, 0.717) is 41.5 Å². The number of hydrogen-bond acceptors (Lipinski definition) is 11. The number of fused-ring (bicyclic) bond motifs is 1. The van der Waals surface area contributed by atoms with E-state index in [1.54, 1.807) is 4.57 Å². The highest BCUT2D eigenvalue weighted by Crippen LogP contribution is 2.33. The van der Waals surface area contributed by atoms with Crippen LogP contribution in [-0.4, -0.2) is 83.2 Å². The van der Waals surface area contributed by atoms with Crippen molar-refractivity contribution in [2.24, 2.45) is 5.73 Å². The summed E-state index contributed by atoms with van der Waals surface area (Å²) in [7, 11) is 0. The van der Waals surface area contributed by atoms with Crippen LogP contribution in [0.25, 0.3) is 11.2 Å². The summed E-state index contributed by atoms with van der Waals surface area (Å²) >= 11 is 1.41. The fraction of sp³-hybridized carbons (Fsp3) is 0.455. The summed E-state index contributed by atoms with van der Waals surface area (Å²) in [6, 6.07) is 6.73. The van der Waals surface area contributed by atoms with Crippen LogP contribution in [0, 0.1) is 0 Å². The fourth-order valence-corrected chi connectivity index (χ4v) is 4.90. The lowest BCUT2D eigenvalue weighted by atomic mass is 10.1. The van der Waals surface area contributed by atoms with Crippen molar-refractivity contribution in [3.63, 3.8) is 0 Å². The third-order valence-electron chi connectivity index (χ3n) is 5.83. The molecule has 2 aromatic heterocycles. The number of nitrogens with two attached hydrogens (primary N) is 2. The van der Waals surface area contributed by atoms with E-state index in [0.717, 1.165) is 17.7 Å². The Morgan fingerprint density at radius 2 is 1.97 bits per heavy atom. The van der Waals surface area contributed by atoms with Gasteiger partial charge in [-0.05, 0) is 36.3 Å². The van der Waals surface area contributed by atoms with E-state index < -0.39 is 36.6 Å². The minimum absolute atomic E-state index is 0.298. The number of carboxylic acid groups (broad SMARTS) is 1. The average molecular weight is 504 g/mol. The van der Waals surface area contributed by atoms with Gasteiger partial charge in [-0.1, -0.05) is 12.1 Å². The molecule has 0 bridgehead atoms. The molecule has 1 fully saturated rings. The summed E-state index contributed by atoms with van der Waals surface area (Å²) in [5.41, 5.74) is 14.1. The Morgan fingerprint density at radius 3 is 2.71 bits per heavy atom. The first-order chi connectivity index (χ1) is 16.8. The topological polar surface area (TPSA) is 195 Å². The van der Waals surface area contributed by atoms with Crippen molar-refractivity contribution in [2.45, 2.75) is 43.4 Å². The molecule has 8 N–H and O–H groups in total. The highest BCUT2D eigenvalue weighted by Gasteiger charge is 2.44. The fourth-order valence-electron chi connectivity index (χ4n) is 3.81. The van der Waals surface area contributed by atoms with Crippen molar-refractivity contribution >= 4 is 40.4 Å². The predicted molar refractivity (Wildman–Crippen MR) is 132 cm³/mol. The van der Waals surface area contributed by atoms with Gasteiger partial charge in [0.25, 0.3) is 0 Å². The summed E-state index contributed by atoms with van der Waals surface area (Å²) < 4.78 is 7.53. The Morgan fingerprint density at radius 1 is 1.20 bits per heavy atom. The van der Waals surface area contributed by atoms with Gasteiger partial charge in [0, 0.05) is 18.0 Å². The molecule has 0 saturated carbocycles. The lowest BCUT2D eigenvalue weighted by Crippen LogP contribution is -2.33. The van der Waals surface area contributed by atoms with Crippen LogP contribution in [0.3, 0.4) is 0 Å². The lowest BCUT2D eigenvalue weighted by molar-refractivity contribution is -0.138. The minimum Gasteiger partial charge on any atom is -0.480 e. The van der Waals surface area contributed by atoms with Crippen molar-refractivity contribution in [1.82, 2.24) is 19.5 Å². The number of ether oxygens (including phenoxy) is 1. The zero-order valence-electron chi connectivity index (χ0n) is 18.9. The van der Waals surface area contributed by atoms with E-state index in [-0.39, 0.29) is 0 Å². The molecule has 3 heterocycles. The van der Waals surface area contributed by atoms with Crippen LogP contribution in [0.15, 0.2) is 36.9 Å². The quantitative estimate of drug-likeness (QED) is 0.154. The molecule has 188 valence electrons. The Labute approximate surface area is 205 Å². The molecule has 1 aliphatic heterocycles. The number of aliphatic hydroxyl groups is 2. The summed E-state index contributed by atoms with van der Waals surface area (Å²) in [6.45, 7) is 0.620. The highest BCUT2D eigenvalue weighted by atomic mass is 32.2. The molecule has 4 rings (SSSR count). The molecule has 3 aromatic rings. The Kier molecular flexibility index (Phi) is 8.03. The first-order valence-electron chi connectivity index (χ1n) is 11.2. The van der Waals surface area contributed by atoms with Gasteiger partial charge in [-0.15, -0.1) is 0 Å². The van der Waals surface area contributed by atoms with Crippen LogP contribution in [0.5, 0.6) is 0 Å². The zero-order valence-corrected chi connectivity index (χ0v) is 19.7. The van der Waals surface area contributed by atoms with E-state index in [2.05, 4.69) is 20.3 Å². The van der Waals surface area contributed by atoms with Crippen molar-refractivity contribution in [3.8, 4) is 0 Å². The van der Waals surface area contributed by atoms with Crippen LogP contribution in [-0.2, 0) is 16.0 Å². The maximum atomic E-state index is 10.8. The van der Waals surface area contributed by atoms with Gasteiger partial charge >= 0.3 is 5.97 Å². The number of anilines is 2. The van der Waals surface area contributed by atoms with Crippen LogP contribution >= 0.6 is 11.8 Å². The molecule has 35 heavy (non-hydrogen) atoms. The zero-order chi connectivity index (χ0) is 24.9. The number of benzene rings is 1. The minimum atomic E-state index is -1.18. The maximum absolute atomic E-state index is 10.8. The number of thioether (sulfide) groups is 1. The average Bonchev–Trinajstić information content (AvgIpc) is 3.39. The SMILES string of the molecule is Nc1ccc(CCNc2ncnc3c2ncn3[C@@H]2O[C@H](CSCCC(N)C(=O)O)[C@@H](O)[C@H]2O)cc1. The molecule has 13 heteroatoms. The highest BCUT2D eigenvalue weighted by molar-refractivity contribution is 7.99. The first kappa shape index (κ1) is 25.1. The number of imidazole rings is 1. The molecular formula is C22H29N7O5S. The van der Waals surface area contributed by atoms with Crippen molar-refractivity contribution in [1.29, 1.82) is 0 Å². The summed E-state index contributed by atoms with van der Waals surface area (Å²) in [5, 5.41) is 33.3. The molecule has 0 spiro atoms. The molecule has 0 radical (unpaired) electrons. The number of nitrogens with one attached hydrogen (secondary N) is 1. The Bertz CT molecular complexity index is 1140. The molecule has 12 nitrogen and oxygen atoms in total. The molecule has 1 aromatic carbocycles. The molecule has 0 aliphatic carbocycles. The van der Waals surface area contributed by atoms with Gasteiger partial charge in [0.1, 0.15) is 24.6 Å². The number of aliphatic carboxylic acids is 1. The third kappa shape index (κ3) is 5.82. The number of aliphatic hydroxyl groups excluding tert-OH is 2. The van der Waals surface area contributed by atoms with Crippen LogP contribution < -0.4 is 16.8 Å². The number of rotatable bonds is 11. The molecule has 1 saturated heterocycles. The number of nitrogens with zero attached hydrogens (tertiary/aromatic N) is 4. The van der Waals surface area contributed by atoms with Crippen molar-refractivity contribution in [3.05, 3.63) is 42.5 Å². The molecule has 1 unspecified atom stereocenters. The van der Waals surface area contributed by atoms with E-state index in [1.807, 2.05) is 24.3 Å². The summed E-state index contributed by atoms with van der Waals surface area (Å²) in [6.07, 6.45) is 0.159. The number of hydrogen-bond donors (Lipinski definition) is 6. The van der Waals surface area contributed by atoms with Gasteiger partial charge in [-0.25, -0.2) is 15.0 Å². The summed E-state index contributed by atoms with van der Waals surface area (Å²) in [5.74, 6) is 0.374. The van der Waals surface area contributed by atoms with Gasteiger partial charge < -0.3 is 36.8 Å². The molecule has 0 amide bonds. The maximum Gasteiger partial charge on any atom is 0.320 e. The largest absolute Gasteiger partial charge is 0.480 e. The van der Waals surface area contributed by atoms with Gasteiger partial charge in [-0.3, -0.25) is 9.36 Å². The number of nitrogen functional groups attached to an aromatic ring is 1. The second-order valence-electron chi connectivity index (χ2n) is 8.32. The van der Waals surface area contributed by atoms with Gasteiger partial charge in [0.15, 0.2) is 23.2 Å². The third-order valence-corrected chi connectivity index (χ3v) is 6.92. The van der Waals surface area contributed by atoms with Crippen LogP contribution in [0.1, 0.15) is 18.2 Å². The predicted octanol–water partition coefficient (Wildman–Crippen LogP) is 0.218. The Balaban J connectivity index is 1.38. The normalized spacial score (nSPS) is 22.9. The van der Waals surface area contributed by atoms with E-state index in [4.69, 9.17) is 21.3 Å². The first-order valence-corrected chi connectivity index (χ1v) is 12.3. The van der Waals surface area contributed by atoms with Gasteiger partial charge in [0.2, 0.25) is 0 Å². The molecule has 5 atom stereocenters. The standard InChI is InChI=1S/C22H29N7O5S/c23-13-3-1-12(2-4-13)5-7-25-19-16-20(27-10-26-19)29(11-28-16)21-18(31)17(30)15(34-21)9-35-8-6-14(24)22(32)33/h1-4,10-11,14-15,17-18,21,30-31H,5-9,23-24H2,(H,32,33)(H,25,26,27)/t14?,15-,17-,18-,21-/m1/s1. The monoisotopic (exact) mass is 503 g/mol. The lowest BCUT2D eigenvalue weighted by Gasteiger charge is -2.16. The van der Waals surface area contributed by atoms with Gasteiger partial charge in [0.05, 0.1) is 12.4 Å². The van der Waals surface area contributed by atoms with Crippen LogP contribution in [0.2, 0.25) is 0 Å². The smallest absolute Gasteiger partial charge is 0.320 e. The Hall–Kier alpha value is -2.97. The number of aromatic nitrogens is 4. The van der Waals surface area contributed by atoms with E-state index in [1.165, 1.54) is 24.4 Å². The van der Waals surface area contributed by atoms with Crippen molar-refractivity contribution in [2.75, 3.05) is 29.1 Å². The summed E-state index contributed by atoms with van der Waals surface area (Å²) in [4.78, 5) is 23.8. The van der Waals surface area contributed by atoms with Crippen LogP contribution in [0.4, 0.5) is 11.5 Å².